The van der Waals surface area contributed by atoms with Gasteiger partial charge >= 0.3 is 9.05 Å². The van der Waals surface area contributed by atoms with Gasteiger partial charge in [-0.2, -0.15) is 0 Å². The summed E-state index contributed by atoms with van der Waals surface area (Å²) in [6.07, 6.45) is 2.34. The minimum Gasteiger partial charge on any atom is -0.355 e. The van der Waals surface area contributed by atoms with Gasteiger partial charge in [0.25, 0.3) is 0 Å². The third-order valence-electron chi connectivity index (χ3n) is 4.79. The van der Waals surface area contributed by atoms with E-state index >= 15 is 0 Å². The maximum Gasteiger partial charge on any atom is 0.679 e. The van der Waals surface area contributed by atoms with Crippen molar-refractivity contribution in [2.24, 2.45) is 0 Å². The lowest BCUT2D eigenvalue weighted by molar-refractivity contribution is -0.0207. The van der Waals surface area contributed by atoms with E-state index in [9.17, 15) is 0 Å². The molecule has 0 N–H and O–H groups in total. The van der Waals surface area contributed by atoms with Crippen molar-refractivity contribution in [3.05, 3.63) is 108 Å². The van der Waals surface area contributed by atoms with E-state index in [0.717, 1.165) is 19.3 Å². The molecule has 0 saturated heterocycles. The van der Waals surface area contributed by atoms with Crippen LogP contribution < -0.4 is 0 Å². The zero-order chi connectivity index (χ0) is 20.9. The molecule has 0 aromatic heterocycles. The molecule has 0 aliphatic rings. The second-order valence-corrected chi connectivity index (χ2v) is 9.23. The van der Waals surface area contributed by atoms with Crippen LogP contribution in [0, 0.1) is 0 Å². The quantitative estimate of drug-likeness (QED) is 0.369. The van der Waals surface area contributed by atoms with E-state index in [4.69, 9.17) is 17.7 Å². The maximum absolute atomic E-state index is 6.13. The van der Waals surface area contributed by atoms with Crippen LogP contribution in [0.1, 0.15) is 16.7 Å². The first kappa shape index (κ1) is 22.4. The molecular formula is C25H30O4Si. The molecule has 3 aromatic rings. The van der Waals surface area contributed by atoms with Gasteiger partial charge in [-0.15, -0.1) is 0 Å². The average Bonchev–Trinajstić information content (AvgIpc) is 2.81. The largest absolute Gasteiger partial charge is 0.679 e. The van der Waals surface area contributed by atoms with Crippen molar-refractivity contribution >= 4 is 9.05 Å². The van der Waals surface area contributed by atoms with Crippen LogP contribution in [0.25, 0.3) is 0 Å². The van der Waals surface area contributed by atoms with E-state index in [1.54, 1.807) is 7.11 Å². The third kappa shape index (κ3) is 7.52. The van der Waals surface area contributed by atoms with Gasteiger partial charge in [-0.3, -0.25) is 0 Å². The molecule has 0 aliphatic heterocycles. The zero-order valence-electron chi connectivity index (χ0n) is 17.5. The van der Waals surface area contributed by atoms with Crippen molar-refractivity contribution in [3.8, 4) is 0 Å². The van der Waals surface area contributed by atoms with E-state index in [2.05, 4.69) is 36.4 Å². The fourth-order valence-corrected chi connectivity index (χ4v) is 4.78. The second-order valence-electron chi connectivity index (χ2n) is 6.96. The molecule has 3 rings (SSSR count). The van der Waals surface area contributed by atoms with Crippen molar-refractivity contribution in [1.82, 2.24) is 0 Å². The first-order valence-corrected chi connectivity index (χ1v) is 12.0. The molecule has 30 heavy (non-hydrogen) atoms. The van der Waals surface area contributed by atoms with E-state index < -0.39 is 9.05 Å². The molecule has 0 saturated carbocycles. The molecule has 0 fully saturated rings. The van der Waals surface area contributed by atoms with Crippen molar-refractivity contribution in [2.45, 2.75) is 19.3 Å². The van der Waals surface area contributed by atoms with Crippen LogP contribution in [-0.2, 0) is 37.0 Å². The van der Waals surface area contributed by atoms with Crippen LogP contribution in [0.5, 0.6) is 0 Å². The van der Waals surface area contributed by atoms with Gasteiger partial charge in [-0.1, -0.05) is 91.0 Å². The summed E-state index contributed by atoms with van der Waals surface area (Å²) in [6.45, 7) is 1.46. The summed E-state index contributed by atoms with van der Waals surface area (Å²) in [5.74, 6) is 0. The summed E-state index contributed by atoms with van der Waals surface area (Å²) in [6, 6.07) is 30.8. The highest BCUT2D eigenvalue weighted by atomic mass is 28.4. The normalized spacial score (nSPS) is 11.5. The van der Waals surface area contributed by atoms with E-state index in [1.807, 2.05) is 54.6 Å². The Labute approximate surface area is 180 Å². The second kappa shape index (κ2) is 12.4. The van der Waals surface area contributed by atoms with Crippen LogP contribution in [0.2, 0.25) is 0 Å². The Kier molecular flexibility index (Phi) is 9.28. The molecule has 0 radical (unpaired) electrons. The monoisotopic (exact) mass is 422 g/mol. The van der Waals surface area contributed by atoms with Gasteiger partial charge < -0.3 is 17.7 Å². The lowest BCUT2D eigenvalue weighted by atomic mass is 10.2. The van der Waals surface area contributed by atoms with Crippen LogP contribution in [-0.4, -0.2) is 36.0 Å². The zero-order valence-corrected chi connectivity index (χ0v) is 18.5. The van der Waals surface area contributed by atoms with Crippen molar-refractivity contribution in [2.75, 3.05) is 26.9 Å². The summed E-state index contributed by atoms with van der Waals surface area (Å²) >= 11 is 0. The predicted molar refractivity (Wildman–Crippen MR) is 121 cm³/mol. The third-order valence-corrected chi connectivity index (χ3v) is 6.96. The minimum atomic E-state index is -3.23. The van der Waals surface area contributed by atoms with Gasteiger partial charge in [0.05, 0.1) is 0 Å². The molecule has 4 nitrogen and oxygen atoms in total. The Morgan fingerprint density at radius 2 is 0.800 bits per heavy atom. The van der Waals surface area contributed by atoms with E-state index in [0.29, 0.717) is 19.8 Å². The molecule has 0 spiro atoms. The van der Waals surface area contributed by atoms with E-state index in [-0.39, 0.29) is 0 Å². The standard InChI is InChI=1S/C25H30O4Si/c1-26-30(27-20-17-23-11-5-2-6-12-23,28-21-18-24-13-7-3-8-14-24)29-22-19-25-15-9-4-10-16-25/h2-16H,17-22H2,1H3. The molecule has 5 heteroatoms. The smallest absolute Gasteiger partial charge is 0.355 e. The first-order valence-electron chi connectivity index (χ1n) is 10.4. The maximum atomic E-state index is 6.13. The van der Waals surface area contributed by atoms with Crippen molar-refractivity contribution in [3.63, 3.8) is 0 Å². The highest BCUT2D eigenvalue weighted by Gasteiger charge is 2.44. The lowest BCUT2D eigenvalue weighted by Gasteiger charge is -2.27. The Morgan fingerprint density at radius 1 is 0.500 bits per heavy atom. The molecule has 3 aromatic carbocycles. The summed E-state index contributed by atoms with van der Waals surface area (Å²) in [5, 5.41) is 0. The minimum absolute atomic E-state index is 0.487. The fraction of sp³-hybridized carbons (Fsp3) is 0.280. The first-order chi connectivity index (χ1) is 14.8. The molecule has 158 valence electrons. The van der Waals surface area contributed by atoms with Gasteiger partial charge in [-0.05, 0) is 36.0 Å². The lowest BCUT2D eigenvalue weighted by Crippen LogP contribution is -2.49. The fourth-order valence-electron chi connectivity index (χ4n) is 3.12. The van der Waals surface area contributed by atoms with Gasteiger partial charge in [0.15, 0.2) is 0 Å². The molecular weight excluding hydrogens is 392 g/mol. The summed E-state index contributed by atoms with van der Waals surface area (Å²) in [7, 11) is -1.62. The predicted octanol–water partition coefficient (Wildman–Crippen LogP) is 4.85. The topological polar surface area (TPSA) is 36.9 Å². The number of hydrogen-bond donors (Lipinski definition) is 0. The van der Waals surface area contributed by atoms with Gasteiger partial charge in [0, 0.05) is 26.9 Å². The van der Waals surface area contributed by atoms with E-state index in [1.165, 1.54) is 16.7 Å². The van der Waals surface area contributed by atoms with Gasteiger partial charge in [-0.25, -0.2) is 0 Å². The molecule has 0 heterocycles. The molecule has 0 bridgehead atoms. The Hall–Kier alpha value is -2.28. The highest BCUT2D eigenvalue weighted by Crippen LogP contribution is 2.15. The SMILES string of the molecule is CO[Si](OCCc1ccccc1)(OCCc1ccccc1)OCCc1ccccc1. The van der Waals surface area contributed by atoms with Crippen LogP contribution in [0.15, 0.2) is 91.0 Å². The number of rotatable bonds is 13. The highest BCUT2D eigenvalue weighted by molar-refractivity contribution is 6.53. The van der Waals surface area contributed by atoms with Crippen LogP contribution >= 0.6 is 0 Å². The molecule has 0 atom stereocenters. The molecule has 0 aliphatic carbocycles. The van der Waals surface area contributed by atoms with Crippen LogP contribution in [0.4, 0.5) is 0 Å². The Morgan fingerprint density at radius 3 is 1.07 bits per heavy atom. The van der Waals surface area contributed by atoms with Gasteiger partial charge in [0.1, 0.15) is 0 Å². The number of hydrogen-bond acceptors (Lipinski definition) is 4. The number of benzene rings is 3. The van der Waals surface area contributed by atoms with Crippen molar-refractivity contribution in [1.29, 1.82) is 0 Å². The molecule has 0 amide bonds. The average molecular weight is 423 g/mol. The summed E-state index contributed by atoms with van der Waals surface area (Å²) in [5.41, 5.74) is 3.64. The Balaban J connectivity index is 1.56. The summed E-state index contributed by atoms with van der Waals surface area (Å²) < 4.78 is 24.1. The summed E-state index contributed by atoms with van der Waals surface area (Å²) in [4.78, 5) is 0. The van der Waals surface area contributed by atoms with Crippen molar-refractivity contribution < 1.29 is 17.7 Å². The van der Waals surface area contributed by atoms with Gasteiger partial charge in [0.2, 0.25) is 0 Å². The Bertz CT molecular complexity index is 717. The molecule has 0 unspecified atom stereocenters. The van der Waals surface area contributed by atoms with Crippen LogP contribution in [0.3, 0.4) is 0 Å².